The number of halogens is 3. The number of hydrogen-bond acceptors (Lipinski definition) is 6. The van der Waals surface area contributed by atoms with Crippen molar-refractivity contribution in [2.75, 3.05) is 6.61 Å². The molecule has 10 heteroatoms. The molecule has 0 radical (unpaired) electrons. The molecule has 2 heterocycles. The summed E-state index contributed by atoms with van der Waals surface area (Å²) >= 11 is 0. The van der Waals surface area contributed by atoms with E-state index in [1.165, 1.54) is 12.3 Å². The van der Waals surface area contributed by atoms with Crippen LogP contribution in [0.15, 0.2) is 27.6 Å². The molecule has 0 saturated heterocycles. The quantitative estimate of drug-likeness (QED) is 0.816. The van der Waals surface area contributed by atoms with Crippen LogP contribution in [0.25, 0.3) is 11.5 Å². The summed E-state index contributed by atoms with van der Waals surface area (Å²) in [4.78, 5) is 28.4. The number of aromatic nitrogens is 3. The summed E-state index contributed by atoms with van der Waals surface area (Å²) < 4.78 is 46.6. The Morgan fingerprint density at radius 2 is 2.04 bits per heavy atom. The van der Waals surface area contributed by atoms with E-state index in [9.17, 15) is 22.8 Å². The van der Waals surface area contributed by atoms with Crippen molar-refractivity contribution in [1.29, 1.82) is 0 Å². The van der Waals surface area contributed by atoms with Gasteiger partial charge in [-0.1, -0.05) is 25.9 Å². The molecule has 7 nitrogen and oxygen atoms in total. The minimum atomic E-state index is -4.50. The highest BCUT2D eigenvalue weighted by Gasteiger charge is 2.32. The van der Waals surface area contributed by atoms with Gasteiger partial charge in [-0.3, -0.25) is 14.3 Å². The lowest BCUT2D eigenvalue weighted by atomic mass is 9.89. The Hall–Kier alpha value is -2.65. The van der Waals surface area contributed by atoms with Gasteiger partial charge in [-0.05, 0) is 12.5 Å². The summed E-state index contributed by atoms with van der Waals surface area (Å²) in [6.07, 6.45) is -2.87. The van der Waals surface area contributed by atoms with Crippen molar-refractivity contribution in [3.63, 3.8) is 0 Å². The maximum absolute atomic E-state index is 12.6. The fourth-order valence-corrected chi connectivity index (χ4v) is 1.83. The zero-order valence-electron chi connectivity index (χ0n) is 13.8. The van der Waals surface area contributed by atoms with Crippen molar-refractivity contribution >= 4 is 5.91 Å². The van der Waals surface area contributed by atoms with Crippen LogP contribution in [0.3, 0.4) is 0 Å². The molecule has 0 N–H and O–H groups in total. The zero-order chi connectivity index (χ0) is 18.8. The van der Waals surface area contributed by atoms with Gasteiger partial charge in [-0.25, -0.2) is 4.79 Å². The van der Waals surface area contributed by atoms with Crippen molar-refractivity contribution in [1.82, 2.24) is 14.7 Å². The zero-order valence-corrected chi connectivity index (χ0v) is 13.8. The first-order valence-electron chi connectivity index (χ1n) is 7.34. The van der Waals surface area contributed by atoms with Crippen LogP contribution >= 0.6 is 0 Å². The second-order valence-corrected chi connectivity index (χ2v) is 5.93. The molecule has 0 saturated carbocycles. The van der Waals surface area contributed by atoms with Crippen LogP contribution in [0.2, 0.25) is 0 Å². The van der Waals surface area contributed by atoms with E-state index in [1.54, 1.807) is 20.8 Å². The van der Waals surface area contributed by atoms with Crippen LogP contribution in [0.1, 0.15) is 32.0 Å². The van der Waals surface area contributed by atoms with E-state index in [1.807, 2.05) is 0 Å². The lowest BCUT2D eigenvalue weighted by Crippen LogP contribution is -2.35. The smallest absolute Gasteiger partial charge is 0.448 e. The molecule has 0 aliphatic rings. The lowest BCUT2D eigenvalue weighted by molar-refractivity contribution is -0.153. The summed E-state index contributed by atoms with van der Waals surface area (Å²) in [5, 5.41) is 3.52. The fourth-order valence-electron chi connectivity index (χ4n) is 1.83. The van der Waals surface area contributed by atoms with Gasteiger partial charge in [0.1, 0.15) is 11.4 Å². The summed E-state index contributed by atoms with van der Waals surface area (Å²) in [5.41, 5.74) is -0.889. The monoisotopic (exact) mass is 359 g/mol. The van der Waals surface area contributed by atoms with Crippen LogP contribution < -0.4 is 10.5 Å². The lowest BCUT2D eigenvalue weighted by Gasteiger charge is -2.20. The van der Waals surface area contributed by atoms with E-state index in [-0.39, 0.29) is 17.3 Å². The number of pyridine rings is 1. The van der Waals surface area contributed by atoms with Crippen molar-refractivity contribution in [2.24, 2.45) is 5.41 Å². The van der Waals surface area contributed by atoms with Crippen LogP contribution in [0, 0.1) is 5.41 Å². The molecule has 0 atom stereocenters. The van der Waals surface area contributed by atoms with Gasteiger partial charge in [0.2, 0.25) is 11.7 Å². The standard InChI is InChI=1S/C15H16F3N3O4/c1-4-14(2,3)12(22)21-11(20-25-13(21)23)10-7-9(5-6-19-10)24-8-15(16,17)18/h5-7H,4,8H2,1-3H3. The van der Waals surface area contributed by atoms with Crippen molar-refractivity contribution in [3.8, 4) is 17.3 Å². The number of ether oxygens (including phenoxy) is 1. The van der Waals surface area contributed by atoms with E-state index >= 15 is 0 Å². The van der Waals surface area contributed by atoms with Crippen LogP contribution in [-0.2, 0) is 0 Å². The second kappa shape index (κ2) is 6.69. The van der Waals surface area contributed by atoms with E-state index in [0.717, 1.165) is 10.6 Å². The molecule has 25 heavy (non-hydrogen) atoms. The summed E-state index contributed by atoms with van der Waals surface area (Å²) in [5.74, 6) is -1.88. The Bertz CT molecular complexity index is 824. The number of rotatable bonds is 5. The SMILES string of the molecule is CCC(C)(C)C(=O)n1c(-c2cc(OCC(F)(F)F)ccn2)noc1=O. The third-order valence-electron chi connectivity index (χ3n) is 3.63. The van der Waals surface area contributed by atoms with Crippen LogP contribution in [0.4, 0.5) is 13.2 Å². The van der Waals surface area contributed by atoms with Gasteiger partial charge in [-0.2, -0.15) is 17.7 Å². The third kappa shape index (κ3) is 4.25. The van der Waals surface area contributed by atoms with Crippen molar-refractivity contribution in [2.45, 2.75) is 33.4 Å². The number of alkyl halides is 3. The first-order chi connectivity index (χ1) is 11.5. The molecule has 0 spiro atoms. The highest BCUT2D eigenvalue weighted by atomic mass is 19.4. The summed E-state index contributed by atoms with van der Waals surface area (Å²) in [6, 6.07) is 2.36. The van der Waals surface area contributed by atoms with E-state index in [2.05, 4.69) is 19.4 Å². The molecule has 0 unspecified atom stereocenters. The Kier molecular flexibility index (Phi) is 5.00. The molecule has 136 valence electrons. The molecular weight excluding hydrogens is 343 g/mol. The summed E-state index contributed by atoms with van der Waals surface area (Å²) in [6.45, 7) is 3.59. The van der Waals surface area contributed by atoms with Gasteiger partial charge in [0.25, 0.3) is 0 Å². The summed E-state index contributed by atoms with van der Waals surface area (Å²) in [7, 11) is 0. The van der Waals surface area contributed by atoms with Gasteiger partial charge in [0.15, 0.2) is 6.61 Å². The molecular formula is C15H16F3N3O4. The van der Waals surface area contributed by atoms with Crippen LogP contribution in [-0.4, -0.2) is 33.4 Å². The van der Waals surface area contributed by atoms with Crippen molar-refractivity contribution < 1.29 is 27.2 Å². The molecule has 0 amide bonds. The predicted molar refractivity (Wildman–Crippen MR) is 80.2 cm³/mol. The highest BCUT2D eigenvalue weighted by Crippen LogP contribution is 2.26. The van der Waals surface area contributed by atoms with E-state index < -0.39 is 29.9 Å². The minimum absolute atomic E-state index is 0.0224. The molecule has 2 rings (SSSR count). The van der Waals surface area contributed by atoms with Gasteiger partial charge < -0.3 is 4.74 Å². The molecule has 0 bridgehead atoms. The van der Waals surface area contributed by atoms with Gasteiger partial charge >= 0.3 is 11.9 Å². The Morgan fingerprint density at radius 3 is 2.64 bits per heavy atom. The molecule has 0 aliphatic heterocycles. The number of carbonyl (C=O) groups is 1. The van der Waals surface area contributed by atoms with Gasteiger partial charge in [0, 0.05) is 17.7 Å². The average Bonchev–Trinajstić information content (AvgIpc) is 2.93. The number of hydrogen-bond donors (Lipinski definition) is 0. The molecule has 0 aromatic carbocycles. The highest BCUT2D eigenvalue weighted by molar-refractivity contribution is 5.86. The van der Waals surface area contributed by atoms with E-state index in [0.29, 0.717) is 6.42 Å². The van der Waals surface area contributed by atoms with Gasteiger partial charge in [-0.15, -0.1) is 0 Å². The topological polar surface area (TPSA) is 87.2 Å². The Morgan fingerprint density at radius 1 is 1.36 bits per heavy atom. The Labute approximate surface area is 140 Å². The van der Waals surface area contributed by atoms with E-state index in [4.69, 9.17) is 0 Å². The predicted octanol–water partition coefficient (Wildman–Crippen LogP) is 2.92. The molecule has 0 aliphatic carbocycles. The minimum Gasteiger partial charge on any atom is -0.484 e. The van der Waals surface area contributed by atoms with Crippen LogP contribution in [0.5, 0.6) is 5.75 Å². The Balaban J connectivity index is 2.41. The largest absolute Gasteiger partial charge is 0.484 e. The first kappa shape index (κ1) is 18.7. The molecule has 2 aromatic heterocycles. The average molecular weight is 359 g/mol. The maximum atomic E-state index is 12.6. The first-order valence-corrected chi connectivity index (χ1v) is 7.34. The molecule has 2 aromatic rings. The van der Waals surface area contributed by atoms with Gasteiger partial charge in [0.05, 0.1) is 0 Å². The maximum Gasteiger partial charge on any atom is 0.448 e. The molecule has 0 fully saturated rings. The number of nitrogens with zero attached hydrogens (tertiary/aromatic N) is 3. The second-order valence-electron chi connectivity index (χ2n) is 5.93. The van der Waals surface area contributed by atoms with Crippen molar-refractivity contribution in [3.05, 3.63) is 28.9 Å². The normalized spacial score (nSPS) is 12.2. The number of carbonyl (C=O) groups excluding carboxylic acids is 1. The third-order valence-corrected chi connectivity index (χ3v) is 3.63. The fraction of sp³-hybridized carbons (Fsp3) is 0.467.